The van der Waals surface area contributed by atoms with Gasteiger partial charge in [0.2, 0.25) is 0 Å². The SMILES string of the molecule is COc1ccc(C(=O)C(C)(P=O)C(=O)c2c(OC)cc(OC)cc2OC)c(OC)c1. The molecular weight excluding hydrogens is 411 g/mol. The van der Waals surface area contributed by atoms with E-state index in [-0.39, 0.29) is 28.4 Å². The molecule has 0 spiro atoms. The van der Waals surface area contributed by atoms with E-state index in [1.807, 2.05) is 0 Å². The summed E-state index contributed by atoms with van der Waals surface area (Å²) >= 11 is 0. The highest BCUT2D eigenvalue weighted by atomic mass is 31.1. The Morgan fingerprint density at radius 1 is 0.733 bits per heavy atom. The number of Topliss-reactive ketones (excluding diaryl/α,β-unsaturated/α-hetero) is 2. The smallest absolute Gasteiger partial charge is 0.195 e. The van der Waals surface area contributed by atoms with Gasteiger partial charge in [-0.3, -0.25) is 14.2 Å². The monoisotopic (exact) mass is 434 g/mol. The van der Waals surface area contributed by atoms with E-state index < -0.39 is 25.2 Å². The zero-order valence-electron chi connectivity index (χ0n) is 17.6. The molecule has 2 aromatic rings. The molecule has 0 amide bonds. The molecule has 8 nitrogen and oxygen atoms in total. The van der Waals surface area contributed by atoms with Crippen molar-refractivity contribution in [2.24, 2.45) is 0 Å². The van der Waals surface area contributed by atoms with Crippen LogP contribution in [-0.2, 0) is 4.57 Å². The van der Waals surface area contributed by atoms with Gasteiger partial charge < -0.3 is 23.7 Å². The van der Waals surface area contributed by atoms with Crippen LogP contribution in [0.15, 0.2) is 30.3 Å². The Morgan fingerprint density at radius 3 is 1.67 bits per heavy atom. The lowest BCUT2D eigenvalue weighted by Gasteiger charge is -2.23. The van der Waals surface area contributed by atoms with Crippen LogP contribution in [0.5, 0.6) is 28.7 Å². The average molecular weight is 434 g/mol. The number of hydrogen-bond acceptors (Lipinski definition) is 8. The molecule has 1 unspecified atom stereocenters. The fourth-order valence-electron chi connectivity index (χ4n) is 2.91. The van der Waals surface area contributed by atoms with Gasteiger partial charge in [0.1, 0.15) is 34.3 Å². The number of carbonyl (C=O) groups excluding carboxylic acids is 2. The molecule has 2 rings (SSSR count). The Hall–Kier alpha value is -3.12. The second-order valence-corrected chi connectivity index (χ2v) is 7.37. The van der Waals surface area contributed by atoms with E-state index in [4.69, 9.17) is 23.7 Å². The number of carbonyl (C=O) groups is 2. The number of rotatable bonds is 10. The first-order chi connectivity index (χ1) is 14.3. The van der Waals surface area contributed by atoms with Crippen LogP contribution < -0.4 is 23.7 Å². The topological polar surface area (TPSA) is 97.4 Å². The normalized spacial score (nSPS) is 12.6. The van der Waals surface area contributed by atoms with E-state index in [2.05, 4.69) is 0 Å². The molecule has 0 heterocycles. The van der Waals surface area contributed by atoms with Crippen LogP contribution in [-0.4, -0.2) is 52.3 Å². The minimum absolute atomic E-state index is 0.0209. The molecule has 0 aliphatic carbocycles. The molecule has 0 aromatic heterocycles. The number of ketones is 2. The predicted molar refractivity (Wildman–Crippen MR) is 110 cm³/mol. The van der Waals surface area contributed by atoms with Crippen molar-refractivity contribution in [2.75, 3.05) is 35.5 Å². The molecule has 0 radical (unpaired) electrons. The molecular formula is C21H23O8P. The van der Waals surface area contributed by atoms with Crippen LogP contribution in [0.3, 0.4) is 0 Å². The number of benzene rings is 2. The lowest BCUT2D eigenvalue weighted by molar-refractivity contribution is 0.0839. The van der Waals surface area contributed by atoms with Gasteiger partial charge in [-0.25, -0.2) is 0 Å². The molecule has 0 saturated heterocycles. The van der Waals surface area contributed by atoms with Crippen molar-refractivity contribution >= 4 is 20.0 Å². The zero-order valence-corrected chi connectivity index (χ0v) is 18.5. The first-order valence-corrected chi connectivity index (χ1v) is 9.58. The van der Waals surface area contributed by atoms with E-state index in [1.54, 1.807) is 6.07 Å². The maximum Gasteiger partial charge on any atom is 0.195 e. The molecule has 160 valence electrons. The number of hydrogen-bond donors (Lipinski definition) is 0. The van der Waals surface area contributed by atoms with Crippen LogP contribution in [0.2, 0.25) is 0 Å². The molecule has 1 atom stereocenters. The maximum atomic E-state index is 13.5. The molecule has 0 N–H and O–H groups in total. The third-order valence-corrected chi connectivity index (χ3v) is 5.43. The van der Waals surface area contributed by atoms with Crippen LogP contribution >= 0.6 is 8.46 Å². The van der Waals surface area contributed by atoms with Gasteiger partial charge in [-0.1, -0.05) is 0 Å². The molecule has 2 aromatic carbocycles. The molecule has 9 heteroatoms. The van der Waals surface area contributed by atoms with Gasteiger partial charge in [0.05, 0.1) is 41.1 Å². The first-order valence-electron chi connectivity index (χ1n) is 8.77. The summed E-state index contributed by atoms with van der Waals surface area (Å²) in [6.07, 6.45) is 0. The Bertz CT molecular complexity index is 946. The van der Waals surface area contributed by atoms with Gasteiger partial charge in [0.15, 0.2) is 25.2 Å². The van der Waals surface area contributed by atoms with Gasteiger partial charge in [0, 0.05) is 18.2 Å². The quantitative estimate of drug-likeness (QED) is 0.316. The fourth-order valence-corrected chi connectivity index (χ4v) is 3.31. The van der Waals surface area contributed by atoms with Crippen molar-refractivity contribution in [2.45, 2.75) is 12.1 Å². The summed E-state index contributed by atoms with van der Waals surface area (Å²) in [4.78, 5) is 26.9. The summed E-state index contributed by atoms with van der Waals surface area (Å²) < 4.78 is 38.4. The van der Waals surface area contributed by atoms with Crippen molar-refractivity contribution < 1.29 is 37.8 Å². The highest BCUT2D eigenvalue weighted by molar-refractivity contribution is 7.30. The minimum Gasteiger partial charge on any atom is -0.497 e. The molecule has 0 bridgehead atoms. The van der Waals surface area contributed by atoms with E-state index in [9.17, 15) is 14.2 Å². The van der Waals surface area contributed by atoms with Crippen LogP contribution in [0.4, 0.5) is 0 Å². The second-order valence-electron chi connectivity index (χ2n) is 6.29. The first kappa shape index (κ1) is 23.2. The summed E-state index contributed by atoms with van der Waals surface area (Å²) in [5.41, 5.74) is 0.0661. The van der Waals surface area contributed by atoms with Crippen molar-refractivity contribution in [3.05, 3.63) is 41.5 Å². The third-order valence-electron chi connectivity index (χ3n) is 4.66. The van der Waals surface area contributed by atoms with Gasteiger partial charge in [-0.2, -0.15) is 0 Å². The Balaban J connectivity index is 2.65. The van der Waals surface area contributed by atoms with Crippen molar-refractivity contribution in [1.29, 1.82) is 0 Å². The van der Waals surface area contributed by atoms with Crippen molar-refractivity contribution in [1.82, 2.24) is 0 Å². The third kappa shape index (κ3) is 4.09. The molecule has 0 aliphatic rings. The molecule has 0 fully saturated rings. The molecule has 0 saturated carbocycles. The second kappa shape index (κ2) is 9.59. The molecule has 0 aliphatic heterocycles. The Morgan fingerprint density at radius 2 is 1.23 bits per heavy atom. The van der Waals surface area contributed by atoms with Crippen LogP contribution in [0, 0.1) is 0 Å². The summed E-state index contributed by atoms with van der Waals surface area (Å²) in [6.45, 7) is 1.29. The van der Waals surface area contributed by atoms with Gasteiger partial charge in [-0.05, 0) is 19.1 Å². The summed E-state index contributed by atoms with van der Waals surface area (Å²) in [7, 11) is 6.35. The largest absolute Gasteiger partial charge is 0.497 e. The van der Waals surface area contributed by atoms with E-state index >= 15 is 0 Å². The number of methoxy groups -OCH3 is 5. The van der Waals surface area contributed by atoms with E-state index in [0.29, 0.717) is 11.5 Å². The van der Waals surface area contributed by atoms with Crippen LogP contribution in [0.25, 0.3) is 0 Å². The highest BCUT2D eigenvalue weighted by Crippen LogP contribution is 2.42. The van der Waals surface area contributed by atoms with Gasteiger partial charge >= 0.3 is 0 Å². The average Bonchev–Trinajstić information content (AvgIpc) is 2.80. The summed E-state index contributed by atoms with van der Waals surface area (Å²) in [6, 6.07) is 7.48. The fraction of sp³-hybridized carbons (Fsp3) is 0.333. The number of ether oxygens (including phenoxy) is 5. The lowest BCUT2D eigenvalue weighted by atomic mass is 9.89. The Labute approximate surface area is 176 Å². The minimum atomic E-state index is -1.96. The van der Waals surface area contributed by atoms with Crippen molar-refractivity contribution in [3.8, 4) is 28.7 Å². The van der Waals surface area contributed by atoms with Crippen LogP contribution in [0.1, 0.15) is 27.6 Å². The maximum absolute atomic E-state index is 13.5. The zero-order chi connectivity index (χ0) is 22.5. The highest BCUT2D eigenvalue weighted by Gasteiger charge is 2.46. The van der Waals surface area contributed by atoms with Crippen molar-refractivity contribution in [3.63, 3.8) is 0 Å². The lowest BCUT2D eigenvalue weighted by Crippen LogP contribution is -2.39. The molecule has 30 heavy (non-hydrogen) atoms. The summed E-state index contributed by atoms with van der Waals surface area (Å²) in [5, 5.41) is -1.96. The summed E-state index contributed by atoms with van der Waals surface area (Å²) in [5.74, 6) is -0.127. The van der Waals surface area contributed by atoms with Gasteiger partial charge in [-0.15, -0.1) is 0 Å². The van der Waals surface area contributed by atoms with Gasteiger partial charge in [0.25, 0.3) is 0 Å². The van der Waals surface area contributed by atoms with E-state index in [0.717, 1.165) is 0 Å². The predicted octanol–water partition coefficient (Wildman–Crippen LogP) is 3.85. The Kier molecular flexibility index (Phi) is 7.40. The van der Waals surface area contributed by atoms with E-state index in [1.165, 1.54) is 66.7 Å². The standard InChI is InChI=1S/C21H23O8P/c1-21(30-24,19(22)14-8-7-12(25-2)9-15(14)27-4)20(23)18-16(28-5)10-13(26-3)11-17(18)29-6/h7-11H,1-6H3.